The van der Waals surface area contributed by atoms with Crippen LogP contribution in [0, 0.1) is 13.8 Å². The molecule has 1 heterocycles. The summed E-state index contributed by atoms with van der Waals surface area (Å²) in [5.74, 6) is -0.135. The van der Waals surface area contributed by atoms with Crippen LogP contribution in [0.25, 0.3) is 5.69 Å². The number of hydrogen-bond acceptors (Lipinski definition) is 4. The molecule has 0 aliphatic carbocycles. The van der Waals surface area contributed by atoms with Crippen molar-refractivity contribution in [3.8, 4) is 11.4 Å². The second kappa shape index (κ2) is 9.31. The summed E-state index contributed by atoms with van der Waals surface area (Å²) in [5, 5.41) is 2.77. The number of carbonyl (C=O) groups is 2. The van der Waals surface area contributed by atoms with Crippen LogP contribution in [0.1, 0.15) is 34.2 Å². The highest BCUT2D eigenvalue weighted by atomic mass is 16.5. The summed E-state index contributed by atoms with van der Waals surface area (Å²) >= 11 is 0. The number of aryl methyl sites for hydroxylation is 2. The molecule has 6 nitrogen and oxygen atoms in total. The Balaban J connectivity index is 1.56. The molecule has 0 saturated heterocycles. The van der Waals surface area contributed by atoms with Gasteiger partial charge in [-0.2, -0.15) is 0 Å². The van der Waals surface area contributed by atoms with Crippen LogP contribution < -0.4 is 10.1 Å². The van der Waals surface area contributed by atoms with Gasteiger partial charge in [0.05, 0.1) is 12.7 Å². The van der Waals surface area contributed by atoms with Gasteiger partial charge >= 0.3 is 5.97 Å². The van der Waals surface area contributed by atoms with Gasteiger partial charge in [0.15, 0.2) is 6.10 Å². The topological polar surface area (TPSA) is 69.6 Å². The third-order valence-corrected chi connectivity index (χ3v) is 4.91. The number of ether oxygens (including phenoxy) is 2. The predicted molar refractivity (Wildman–Crippen MR) is 115 cm³/mol. The van der Waals surface area contributed by atoms with E-state index in [-0.39, 0.29) is 5.91 Å². The monoisotopic (exact) mass is 406 g/mol. The van der Waals surface area contributed by atoms with Gasteiger partial charge in [-0.15, -0.1) is 0 Å². The number of rotatable bonds is 7. The van der Waals surface area contributed by atoms with E-state index >= 15 is 0 Å². The molecule has 1 N–H and O–H groups in total. The maximum Gasteiger partial charge on any atom is 0.338 e. The van der Waals surface area contributed by atoms with Gasteiger partial charge in [-0.3, -0.25) is 4.79 Å². The molecule has 3 rings (SSSR count). The molecular formula is C24H26N2O4. The summed E-state index contributed by atoms with van der Waals surface area (Å²) in [6, 6.07) is 18.6. The molecule has 0 aliphatic heterocycles. The van der Waals surface area contributed by atoms with E-state index in [4.69, 9.17) is 9.47 Å². The highest BCUT2D eigenvalue weighted by Crippen LogP contribution is 2.17. The van der Waals surface area contributed by atoms with Crippen LogP contribution in [0.4, 0.5) is 0 Å². The van der Waals surface area contributed by atoms with E-state index in [1.807, 2.05) is 62.4 Å². The summed E-state index contributed by atoms with van der Waals surface area (Å²) in [5.41, 5.74) is 4.52. The third kappa shape index (κ3) is 4.89. The first-order valence-electron chi connectivity index (χ1n) is 9.76. The Labute approximate surface area is 176 Å². The number of nitrogens with zero attached hydrogens (tertiary/aromatic N) is 1. The molecule has 1 amide bonds. The van der Waals surface area contributed by atoms with Gasteiger partial charge in [0, 0.05) is 23.6 Å². The number of nitrogens with one attached hydrogen (secondary N) is 1. The zero-order valence-corrected chi connectivity index (χ0v) is 17.6. The fourth-order valence-electron chi connectivity index (χ4n) is 3.18. The molecule has 0 saturated carbocycles. The molecule has 156 valence electrons. The van der Waals surface area contributed by atoms with Crippen molar-refractivity contribution in [3.63, 3.8) is 0 Å². The second-order valence-corrected chi connectivity index (χ2v) is 7.11. The van der Waals surface area contributed by atoms with Crippen molar-refractivity contribution in [2.45, 2.75) is 33.4 Å². The summed E-state index contributed by atoms with van der Waals surface area (Å²) in [4.78, 5) is 24.7. The molecular weight excluding hydrogens is 380 g/mol. The normalized spacial score (nSPS) is 11.6. The molecule has 0 radical (unpaired) electrons. The van der Waals surface area contributed by atoms with E-state index in [0.717, 1.165) is 28.4 Å². The minimum atomic E-state index is -0.899. The van der Waals surface area contributed by atoms with Crippen molar-refractivity contribution in [2.75, 3.05) is 7.11 Å². The average molecular weight is 406 g/mol. The van der Waals surface area contributed by atoms with E-state index in [1.165, 1.54) is 0 Å². The van der Waals surface area contributed by atoms with Crippen molar-refractivity contribution in [1.29, 1.82) is 0 Å². The maximum absolute atomic E-state index is 12.4. The zero-order chi connectivity index (χ0) is 21.7. The lowest BCUT2D eigenvalue weighted by Crippen LogP contribution is -2.35. The summed E-state index contributed by atoms with van der Waals surface area (Å²) < 4.78 is 12.5. The number of amides is 1. The Morgan fingerprint density at radius 2 is 1.53 bits per heavy atom. The molecule has 0 spiro atoms. The van der Waals surface area contributed by atoms with E-state index < -0.39 is 12.1 Å². The smallest absolute Gasteiger partial charge is 0.338 e. The lowest BCUT2D eigenvalue weighted by Gasteiger charge is -2.14. The van der Waals surface area contributed by atoms with Crippen molar-refractivity contribution in [1.82, 2.24) is 9.88 Å². The van der Waals surface area contributed by atoms with Crippen molar-refractivity contribution in [3.05, 3.63) is 83.2 Å². The summed E-state index contributed by atoms with van der Waals surface area (Å²) in [6.45, 7) is 5.96. The van der Waals surface area contributed by atoms with Gasteiger partial charge < -0.3 is 19.4 Å². The average Bonchev–Trinajstić information content (AvgIpc) is 3.10. The highest BCUT2D eigenvalue weighted by molar-refractivity contribution is 5.92. The lowest BCUT2D eigenvalue weighted by atomic mass is 10.2. The van der Waals surface area contributed by atoms with Crippen LogP contribution in [0.2, 0.25) is 0 Å². The number of esters is 1. The van der Waals surface area contributed by atoms with Gasteiger partial charge in [0.1, 0.15) is 5.75 Å². The third-order valence-electron chi connectivity index (χ3n) is 4.91. The van der Waals surface area contributed by atoms with E-state index in [9.17, 15) is 9.59 Å². The highest BCUT2D eigenvalue weighted by Gasteiger charge is 2.19. The van der Waals surface area contributed by atoms with Crippen LogP contribution in [-0.4, -0.2) is 29.7 Å². The number of aromatic nitrogens is 1. The molecule has 3 aromatic rings. The molecule has 0 aliphatic rings. The largest absolute Gasteiger partial charge is 0.497 e. The molecule has 0 unspecified atom stereocenters. The van der Waals surface area contributed by atoms with Crippen molar-refractivity contribution in [2.24, 2.45) is 0 Å². The first kappa shape index (κ1) is 21.2. The van der Waals surface area contributed by atoms with Crippen molar-refractivity contribution < 1.29 is 19.1 Å². The molecule has 1 aromatic heterocycles. The Hall–Kier alpha value is -3.54. The minimum Gasteiger partial charge on any atom is -0.497 e. The van der Waals surface area contributed by atoms with Crippen LogP contribution in [0.3, 0.4) is 0 Å². The van der Waals surface area contributed by atoms with Crippen molar-refractivity contribution >= 4 is 11.9 Å². The molecule has 1 atom stereocenters. The van der Waals surface area contributed by atoms with Gasteiger partial charge in [0.25, 0.3) is 5.91 Å². The lowest BCUT2D eigenvalue weighted by molar-refractivity contribution is -0.129. The fourth-order valence-corrected chi connectivity index (χ4v) is 3.18. The Bertz CT molecular complexity index is 1000. The number of benzene rings is 2. The first-order valence-corrected chi connectivity index (χ1v) is 9.76. The van der Waals surface area contributed by atoms with E-state index in [1.54, 1.807) is 26.2 Å². The van der Waals surface area contributed by atoms with Crippen LogP contribution in [-0.2, 0) is 16.1 Å². The Morgan fingerprint density at radius 3 is 2.10 bits per heavy atom. The van der Waals surface area contributed by atoms with E-state index in [2.05, 4.69) is 9.88 Å². The SMILES string of the molecule is COc1ccc(CNC(=O)[C@H](C)OC(=O)c2ccc(-n3c(C)ccc3C)cc2)cc1. The van der Waals surface area contributed by atoms with Gasteiger partial charge in [0.2, 0.25) is 0 Å². The predicted octanol–water partition coefficient (Wildman–Crippen LogP) is 3.96. The maximum atomic E-state index is 12.4. The number of methoxy groups -OCH3 is 1. The molecule has 30 heavy (non-hydrogen) atoms. The standard InChI is InChI=1S/C24H26N2O4/c1-16-5-6-17(2)26(16)21-11-9-20(10-12-21)24(28)30-18(3)23(27)25-15-19-7-13-22(29-4)14-8-19/h5-14,18H,15H2,1-4H3,(H,25,27)/t18-/m0/s1. The second-order valence-electron chi connectivity index (χ2n) is 7.11. The summed E-state index contributed by atoms with van der Waals surface area (Å²) in [7, 11) is 1.60. The van der Waals surface area contributed by atoms with Gasteiger partial charge in [-0.05, 0) is 74.9 Å². The molecule has 0 fully saturated rings. The Kier molecular flexibility index (Phi) is 6.57. The van der Waals surface area contributed by atoms with Crippen LogP contribution in [0.5, 0.6) is 5.75 Å². The van der Waals surface area contributed by atoms with Gasteiger partial charge in [-0.1, -0.05) is 12.1 Å². The van der Waals surface area contributed by atoms with Crippen LogP contribution >= 0.6 is 0 Å². The fraction of sp³-hybridized carbons (Fsp3) is 0.250. The quantitative estimate of drug-likeness (QED) is 0.603. The number of hydrogen-bond donors (Lipinski definition) is 1. The van der Waals surface area contributed by atoms with Gasteiger partial charge in [-0.25, -0.2) is 4.79 Å². The summed E-state index contributed by atoms with van der Waals surface area (Å²) in [6.07, 6.45) is -0.899. The minimum absolute atomic E-state index is 0.342. The molecule has 6 heteroatoms. The number of carbonyl (C=O) groups excluding carboxylic acids is 2. The molecule has 0 bridgehead atoms. The van der Waals surface area contributed by atoms with E-state index in [0.29, 0.717) is 12.1 Å². The zero-order valence-electron chi connectivity index (χ0n) is 17.6. The molecule has 2 aromatic carbocycles. The first-order chi connectivity index (χ1) is 14.4. The Morgan fingerprint density at radius 1 is 0.933 bits per heavy atom. The van der Waals surface area contributed by atoms with Crippen LogP contribution in [0.15, 0.2) is 60.7 Å².